The van der Waals surface area contributed by atoms with E-state index in [4.69, 9.17) is 5.11 Å². The predicted molar refractivity (Wildman–Crippen MR) is 55.1 cm³/mol. The van der Waals surface area contributed by atoms with Crippen molar-refractivity contribution in [2.75, 3.05) is 25.9 Å². The summed E-state index contributed by atoms with van der Waals surface area (Å²) in [7, 11) is -1.92. The zero-order valence-electron chi connectivity index (χ0n) is 8.64. The van der Waals surface area contributed by atoms with Gasteiger partial charge < -0.3 is 10.4 Å². The van der Waals surface area contributed by atoms with Gasteiger partial charge in [0.2, 0.25) is 10.0 Å². The van der Waals surface area contributed by atoms with Gasteiger partial charge in [-0.1, -0.05) is 0 Å². The fourth-order valence-corrected chi connectivity index (χ4v) is 2.89. The highest BCUT2D eigenvalue weighted by molar-refractivity contribution is 7.89. The minimum Gasteiger partial charge on any atom is -0.481 e. The lowest BCUT2D eigenvalue weighted by molar-refractivity contribution is -0.136. The highest BCUT2D eigenvalue weighted by Gasteiger charge is 2.28. The average molecular weight is 236 g/mol. The number of rotatable bonds is 5. The molecule has 2 N–H and O–H groups in total. The molecule has 0 amide bonds. The quantitative estimate of drug-likeness (QED) is 0.645. The number of carboxylic acids is 1. The Balaban J connectivity index is 2.55. The summed E-state index contributed by atoms with van der Waals surface area (Å²) < 4.78 is 24.6. The van der Waals surface area contributed by atoms with Gasteiger partial charge in [0, 0.05) is 19.6 Å². The van der Waals surface area contributed by atoms with Crippen LogP contribution in [-0.4, -0.2) is 55.7 Å². The maximum absolute atomic E-state index is 11.7. The number of aliphatic carboxylic acids is 1. The molecule has 1 aliphatic rings. The van der Waals surface area contributed by atoms with Crippen molar-refractivity contribution in [1.29, 1.82) is 0 Å². The van der Waals surface area contributed by atoms with E-state index in [-0.39, 0.29) is 18.2 Å². The molecule has 1 heterocycles. The van der Waals surface area contributed by atoms with Crippen LogP contribution >= 0.6 is 0 Å². The summed E-state index contributed by atoms with van der Waals surface area (Å²) in [6.07, 6.45) is 0.440. The van der Waals surface area contributed by atoms with Gasteiger partial charge in [-0.25, -0.2) is 12.7 Å². The fraction of sp³-hybridized carbons (Fsp3) is 0.875. The summed E-state index contributed by atoms with van der Waals surface area (Å²) >= 11 is 0. The van der Waals surface area contributed by atoms with Gasteiger partial charge in [-0.2, -0.15) is 0 Å². The summed E-state index contributed by atoms with van der Waals surface area (Å²) in [4.78, 5) is 10.3. The Morgan fingerprint density at radius 2 is 2.27 bits per heavy atom. The van der Waals surface area contributed by atoms with Gasteiger partial charge in [-0.3, -0.25) is 4.79 Å². The van der Waals surface area contributed by atoms with Crippen LogP contribution in [0.25, 0.3) is 0 Å². The van der Waals surface area contributed by atoms with Crippen molar-refractivity contribution in [1.82, 2.24) is 9.62 Å². The molecule has 0 bridgehead atoms. The third-order valence-electron chi connectivity index (χ3n) is 2.56. The molecule has 0 aromatic carbocycles. The average Bonchev–Trinajstić information content (AvgIpc) is 2.66. The minimum absolute atomic E-state index is 0.0382. The van der Waals surface area contributed by atoms with E-state index in [0.29, 0.717) is 6.54 Å². The second kappa shape index (κ2) is 4.91. The lowest BCUT2D eigenvalue weighted by Crippen LogP contribution is -2.39. The van der Waals surface area contributed by atoms with Crippen molar-refractivity contribution >= 4 is 16.0 Å². The summed E-state index contributed by atoms with van der Waals surface area (Å²) in [5.74, 6) is -1.41. The van der Waals surface area contributed by atoms with Gasteiger partial charge in [0.1, 0.15) is 0 Å². The largest absolute Gasteiger partial charge is 0.481 e. The summed E-state index contributed by atoms with van der Waals surface area (Å²) in [5, 5.41) is 11.5. The second-order valence-corrected chi connectivity index (χ2v) is 5.77. The Hall–Kier alpha value is -0.660. The Morgan fingerprint density at radius 1 is 1.60 bits per heavy atom. The van der Waals surface area contributed by atoms with Gasteiger partial charge in [0.15, 0.2) is 0 Å². The van der Waals surface area contributed by atoms with Crippen LogP contribution in [0.2, 0.25) is 0 Å². The molecule has 1 aliphatic heterocycles. The van der Waals surface area contributed by atoms with Crippen LogP contribution in [0, 0.1) is 0 Å². The molecule has 1 fully saturated rings. The number of nitrogens with zero attached hydrogens (tertiary/aromatic N) is 1. The van der Waals surface area contributed by atoms with E-state index in [1.807, 2.05) is 0 Å². The molecule has 0 spiro atoms. The van der Waals surface area contributed by atoms with Crippen LogP contribution in [0.1, 0.15) is 12.8 Å². The topological polar surface area (TPSA) is 86.7 Å². The number of nitrogens with one attached hydrogen (secondary N) is 1. The van der Waals surface area contributed by atoms with Crippen LogP contribution < -0.4 is 5.32 Å². The van der Waals surface area contributed by atoms with Crippen molar-refractivity contribution in [2.45, 2.75) is 18.9 Å². The molecule has 0 aliphatic carbocycles. The number of carbonyl (C=O) groups is 1. The smallest absolute Gasteiger partial charge is 0.304 e. The third-order valence-corrected chi connectivity index (χ3v) is 4.46. The summed E-state index contributed by atoms with van der Waals surface area (Å²) in [5.41, 5.74) is 0. The SMILES string of the molecule is CN(C1CCNC1)S(=O)(=O)CCC(=O)O. The first-order chi connectivity index (χ1) is 6.93. The molecule has 6 nitrogen and oxygen atoms in total. The second-order valence-electron chi connectivity index (χ2n) is 3.62. The molecule has 0 radical (unpaired) electrons. The third kappa shape index (κ3) is 3.44. The van der Waals surface area contributed by atoms with Gasteiger partial charge in [-0.05, 0) is 13.0 Å². The van der Waals surface area contributed by atoms with Crippen molar-refractivity contribution in [3.05, 3.63) is 0 Å². The molecular formula is C8H16N2O4S. The summed E-state index contributed by atoms with van der Waals surface area (Å²) in [6.45, 7) is 1.45. The van der Waals surface area contributed by atoms with Crippen LogP contribution in [0.3, 0.4) is 0 Å². The van der Waals surface area contributed by atoms with E-state index in [1.54, 1.807) is 0 Å². The first-order valence-corrected chi connectivity index (χ1v) is 6.42. The summed E-state index contributed by atoms with van der Waals surface area (Å²) in [6, 6.07) is -0.0382. The van der Waals surface area contributed by atoms with E-state index in [1.165, 1.54) is 11.4 Å². The van der Waals surface area contributed by atoms with E-state index in [0.717, 1.165) is 13.0 Å². The first-order valence-electron chi connectivity index (χ1n) is 4.81. The minimum atomic E-state index is -3.43. The van der Waals surface area contributed by atoms with E-state index in [9.17, 15) is 13.2 Å². The lowest BCUT2D eigenvalue weighted by Gasteiger charge is -2.22. The number of carboxylic acid groups (broad SMARTS) is 1. The number of sulfonamides is 1. The molecule has 7 heteroatoms. The fourth-order valence-electron chi connectivity index (χ4n) is 1.54. The Bertz CT molecular complexity index is 322. The van der Waals surface area contributed by atoms with E-state index >= 15 is 0 Å². The highest BCUT2D eigenvalue weighted by Crippen LogP contribution is 2.11. The lowest BCUT2D eigenvalue weighted by atomic mass is 10.3. The Morgan fingerprint density at radius 3 is 2.73 bits per heavy atom. The van der Waals surface area contributed by atoms with Crippen molar-refractivity contribution in [3.8, 4) is 0 Å². The maximum Gasteiger partial charge on any atom is 0.304 e. The molecule has 0 saturated carbocycles. The number of hydrogen-bond donors (Lipinski definition) is 2. The molecule has 15 heavy (non-hydrogen) atoms. The Labute approximate surface area is 89.3 Å². The van der Waals surface area contributed by atoms with Crippen molar-refractivity contribution in [2.24, 2.45) is 0 Å². The van der Waals surface area contributed by atoms with Crippen molar-refractivity contribution < 1.29 is 18.3 Å². The van der Waals surface area contributed by atoms with Gasteiger partial charge in [0.05, 0.1) is 12.2 Å². The van der Waals surface area contributed by atoms with Crippen LogP contribution in [0.15, 0.2) is 0 Å². The standard InChI is InChI=1S/C8H16N2O4S/c1-10(7-2-4-9-6-7)15(13,14)5-3-8(11)12/h7,9H,2-6H2,1H3,(H,11,12). The number of hydrogen-bond acceptors (Lipinski definition) is 4. The first kappa shape index (κ1) is 12.4. The van der Waals surface area contributed by atoms with Gasteiger partial charge in [-0.15, -0.1) is 0 Å². The molecule has 0 aromatic heterocycles. The maximum atomic E-state index is 11.7. The molecule has 0 aromatic rings. The zero-order valence-corrected chi connectivity index (χ0v) is 9.46. The molecular weight excluding hydrogens is 220 g/mol. The van der Waals surface area contributed by atoms with Gasteiger partial charge >= 0.3 is 5.97 Å². The van der Waals surface area contributed by atoms with Gasteiger partial charge in [0.25, 0.3) is 0 Å². The normalized spacial score (nSPS) is 22.1. The van der Waals surface area contributed by atoms with Crippen LogP contribution in [-0.2, 0) is 14.8 Å². The molecule has 88 valence electrons. The molecule has 1 atom stereocenters. The zero-order chi connectivity index (χ0) is 11.5. The van der Waals surface area contributed by atoms with Crippen molar-refractivity contribution in [3.63, 3.8) is 0 Å². The number of likely N-dealkylation sites (N-methyl/N-ethyl adjacent to an activating group) is 1. The van der Waals surface area contributed by atoms with E-state index in [2.05, 4.69) is 5.32 Å². The Kier molecular flexibility index (Phi) is 4.06. The molecule has 1 saturated heterocycles. The van der Waals surface area contributed by atoms with Crippen LogP contribution in [0.4, 0.5) is 0 Å². The molecule has 1 rings (SSSR count). The van der Waals surface area contributed by atoms with E-state index < -0.39 is 16.0 Å². The monoisotopic (exact) mass is 236 g/mol. The predicted octanol–water partition coefficient (Wildman–Crippen LogP) is -0.915. The molecule has 1 unspecified atom stereocenters. The highest BCUT2D eigenvalue weighted by atomic mass is 32.2. The van der Waals surface area contributed by atoms with Crippen LogP contribution in [0.5, 0.6) is 0 Å².